The van der Waals surface area contributed by atoms with Crippen molar-refractivity contribution in [1.82, 2.24) is 4.90 Å². The molecule has 0 bridgehead atoms. The van der Waals surface area contributed by atoms with E-state index in [4.69, 9.17) is 11.5 Å². The summed E-state index contributed by atoms with van der Waals surface area (Å²) in [6.45, 7) is 6.76. The van der Waals surface area contributed by atoms with Crippen molar-refractivity contribution in [2.75, 3.05) is 13.1 Å². The lowest BCUT2D eigenvalue weighted by molar-refractivity contribution is -0.140. The summed E-state index contributed by atoms with van der Waals surface area (Å²) in [6, 6.07) is 0.0807. The lowest BCUT2D eigenvalue weighted by atomic mass is 9.79. The average Bonchev–Trinajstić information content (AvgIpc) is 2.29. The largest absolute Gasteiger partial charge is 0.368 e. The Labute approximate surface area is 115 Å². The summed E-state index contributed by atoms with van der Waals surface area (Å²) < 4.78 is 0. The first kappa shape index (κ1) is 16.0. The highest BCUT2D eigenvalue weighted by atomic mass is 16.2. The standard InChI is InChI=1S/C14H27N3O2/c1-9(2)7-17(8-13(16)18)14(19)11-5-4-10(3)12(15)6-11/h9-12H,4-8,15H2,1-3H3,(H2,16,18). The second-order valence-corrected chi connectivity index (χ2v) is 6.23. The molecule has 0 aliphatic heterocycles. The summed E-state index contributed by atoms with van der Waals surface area (Å²) in [5.74, 6) is 0.319. The number of hydrogen-bond donors (Lipinski definition) is 2. The third-order valence-corrected chi connectivity index (χ3v) is 3.85. The highest BCUT2D eigenvalue weighted by Crippen LogP contribution is 2.29. The van der Waals surface area contributed by atoms with Gasteiger partial charge in [-0.05, 0) is 31.1 Å². The van der Waals surface area contributed by atoms with E-state index in [-0.39, 0.29) is 24.4 Å². The predicted octanol–water partition coefficient (Wildman–Crippen LogP) is 0.720. The van der Waals surface area contributed by atoms with E-state index in [1.54, 1.807) is 4.90 Å². The third-order valence-electron chi connectivity index (χ3n) is 3.85. The Hall–Kier alpha value is -1.10. The van der Waals surface area contributed by atoms with Gasteiger partial charge in [0.25, 0.3) is 0 Å². The molecule has 3 unspecified atom stereocenters. The Morgan fingerprint density at radius 3 is 2.42 bits per heavy atom. The van der Waals surface area contributed by atoms with Crippen molar-refractivity contribution in [3.05, 3.63) is 0 Å². The van der Waals surface area contributed by atoms with Gasteiger partial charge in [-0.15, -0.1) is 0 Å². The van der Waals surface area contributed by atoms with Crippen LogP contribution in [0.3, 0.4) is 0 Å². The van der Waals surface area contributed by atoms with Crippen LogP contribution in [-0.4, -0.2) is 35.8 Å². The number of nitrogens with zero attached hydrogens (tertiary/aromatic N) is 1. The number of nitrogens with two attached hydrogens (primary N) is 2. The van der Waals surface area contributed by atoms with Gasteiger partial charge in [-0.25, -0.2) is 0 Å². The van der Waals surface area contributed by atoms with Gasteiger partial charge in [0, 0.05) is 18.5 Å². The molecule has 2 amide bonds. The van der Waals surface area contributed by atoms with Crippen LogP contribution < -0.4 is 11.5 Å². The van der Waals surface area contributed by atoms with E-state index in [1.807, 2.05) is 13.8 Å². The lowest BCUT2D eigenvalue weighted by Crippen LogP contribution is -2.47. The maximum Gasteiger partial charge on any atom is 0.237 e. The van der Waals surface area contributed by atoms with E-state index < -0.39 is 5.91 Å². The molecule has 0 spiro atoms. The lowest BCUT2D eigenvalue weighted by Gasteiger charge is -2.34. The van der Waals surface area contributed by atoms with Crippen molar-refractivity contribution in [2.45, 2.75) is 46.1 Å². The summed E-state index contributed by atoms with van der Waals surface area (Å²) >= 11 is 0. The van der Waals surface area contributed by atoms with Gasteiger partial charge in [0.2, 0.25) is 11.8 Å². The Morgan fingerprint density at radius 1 is 1.32 bits per heavy atom. The highest BCUT2D eigenvalue weighted by molar-refractivity contribution is 5.85. The van der Waals surface area contributed by atoms with E-state index >= 15 is 0 Å². The van der Waals surface area contributed by atoms with Gasteiger partial charge in [0.05, 0.1) is 6.54 Å². The van der Waals surface area contributed by atoms with Gasteiger partial charge in [-0.1, -0.05) is 20.8 Å². The first-order valence-corrected chi connectivity index (χ1v) is 7.14. The van der Waals surface area contributed by atoms with E-state index in [0.717, 1.165) is 12.8 Å². The predicted molar refractivity (Wildman–Crippen MR) is 75.1 cm³/mol. The maximum atomic E-state index is 12.5. The minimum atomic E-state index is -0.456. The van der Waals surface area contributed by atoms with Crippen molar-refractivity contribution in [2.24, 2.45) is 29.2 Å². The minimum Gasteiger partial charge on any atom is -0.368 e. The number of rotatable bonds is 5. The SMILES string of the molecule is CC(C)CN(CC(N)=O)C(=O)C1CCC(C)C(N)C1. The molecule has 19 heavy (non-hydrogen) atoms. The molecule has 1 fully saturated rings. The van der Waals surface area contributed by atoms with Gasteiger partial charge < -0.3 is 16.4 Å². The number of carbonyl (C=O) groups excluding carboxylic acids is 2. The molecule has 3 atom stereocenters. The normalized spacial score (nSPS) is 27.3. The smallest absolute Gasteiger partial charge is 0.237 e. The molecule has 0 saturated heterocycles. The molecule has 1 rings (SSSR count). The number of amides is 2. The van der Waals surface area contributed by atoms with Crippen LogP contribution in [0.4, 0.5) is 0 Å². The minimum absolute atomic E-state index is 0.0122. The molecule has 4 N–H and O–H groups in total. The van der Waals surface area contributed by atoms with Gasteiger partial charge in [-0.2, -0.15) is 0 Å². The quantitative estimate of drug-likeness (QED) is 0.770. The van der Waals surface area contributed by atoms with Crippen molar-refractivity contribution >= 4 is 11.8 Å². The topological polar surface area (TPSA) is 89.4 Å². The summed E-state index contributed by atoms with van der Waals surface area (Å²) in [6.07, 6.45) is 2.55. The Balaban J connectivity index is 2.67. The van der Waals surface area contributed by atoms with Crippen LogP contribution in [0.2, 0.25) is 0 Å². The second-order valence-electron chi connectivity index (χ2n) is 6.23. The average molecular weight is 269 g/mol. The third kappa shape index (κ3) is 4.82. The Kier molecular flexibility index (Phi) is 5.79. The molecular formula is C14H27N3O2. The number of primary amides is 1. The Bertz CT molecular complexity index is 331. The molecule has 0 heterocycles. The molecular weight excluding hydrogens is 242 g/mol. The van der Waals surface area contributed by atoms with Crippen molar-refractivity contribution in [3.8, 4) is 0 Å². The van der Waals surface area contributed by atoms with Gasteiger partial charge in [0.15, 0.2) is 0 Å². The molecule has 1 saturated carbocycles. The number of carbonyl (C=O) groups is 2. The molecule has 0 aromatic rings. The van der Waals surface area contributed by atoms with Gasteiger partial charge in [0.1, 0.15) is 0 Å². The van der Waals surface area contributed by atoms with Crippen LogP contribution in [0.1, 0.15) is 40.0 Å². The maximum absolute atomic E-state index is 12.5. The molecule has 0 aromatic heterocycles. The van der Waals surface area contributed by atoms with Crippen LogP contribution >= 0.6 is 0 Å². The first-order chi connectivity index (χ1) is 8.81. The molecule has 1 aliphatic rings. The monoisotopic (exact) mass is 269 g/mol. The van der Waals surface area contributed by atoms with E-state index in [0.29, 0.717) is 24.8 Å². The zero-order valence-electron chi connectivity index (χ0n) is 12.3. The molecule has 1 aliphatic carbocycles. The van der Waals surface area contributed by atoms with Crippen molar-refractivity contribution < 1.29 is 9.59 Å². The molecule has 0 aromatic carbocycles. The summed E-state index contributed by atoms with van der Waals surface area (Å²) in [5, 5.41) is 0. The number of hydrogen-bond acceptors (Lipinski definition) is 3. The van der Waals surface area contributed by atoms with Crippen LogP contribution in [0.15, 0.2) is 0 Å². The summed E-state index contributed by atoms with van der Waals surface area (Å²) in [7, 11) is 0. The molecule has 5 nitrogen and oxygen atoms in total. The summed E-state index contributed by atoms with van der Waals surface area (Å²) in [4.78, 5) is 25.2. The molecule has 110 valence electrons. The van der Waals surface area contributed by atoms with Crippen molar-refractivity contribution in [1.29, 1.82) is 0 Å². The fourth-order valence-corrected chi connectivity index (χ4v) is 2.70. The molecule has 5 heteroatoms. The van der Waals surface area contributed by atoms with Gasteiger partial charge >= 0.3 is 0 Å². The van der Waals surface area contributed by atoms with Crippen LogP contribution in [0.25, 0.3) is 0 Å². The van der Waals surface area contributed by atoms with E-state index in [2.05, 4.69) is 6.92 Å². The van der Waals surface area contributed by atoms with Crippen LogP contribution in [0.5, 0.6) is 0 Å². The summed E-state index contributed by atoms with van der Waals surface area (Å²) in [5.41, 5.74) is 11.3. The van der Waals surface area contributed by atoms with Gasteiger partial charge in [-0.3, -0.25) is 9.59 Å². The van der Waals surface area contributed by atoms with Crippen LogP contribution in [0, 0.1) is 17.8 Å². The fraction of sp³-hybridized carbons (Fsp3) is 0.857. The zero-order chi connectivity index (χ0) is 14.6. The first-order valence-electron chi connectivity index (χ1n) is 7.14. The fourth-order valence-electron chi connectivity index (χ4n) is 2.70. The van der Waals surface area contributed by atoms with Crippen LogP contribution in [-0.2, 0) is 9.59 Å². The zero-order valence-corrected chi connectivity index (χ0v) is 12.3. The second kappa shape index (κ2) is 6.89. The van der Waals surface area contributed by atoms with E-state index in [1.165, 1.54) is 0 Å². The Morgan fingerprint density at radius 2 is 1.95 bits per heavy atom. The van der Waals surface area contributed by atoms with E-state index in [9.17, 15) is 9.59 Å². The van der Waals surface area contributed by atoms with Crippen molar-refractivity contribution in [3.63, 3.8) is 0 Å². The highest BCUT2D eigenvalue weighted by Gasteiger charge is 2.32. The molecule has 0 radical (unpaired) electrons.